The highest BCUT2D eigenvalue weighted by Gasteiger charge is 2.18. The van der Waals surface area contributed by atoms with Crippen molar-refractivity contribution in [2.45, 2.75) is 18.7 Å². The molecule has 0 atom stereocenters. The Balaban J connectivity index is 1.75. The zero-order chi connectivity index (χ0) is 23.0. The molecule has 7 nitrogen and oxygen atoms in total. The number of anilines is 1. The second-order valence-corrected chi connectivity index (χ2v) is 8.74. The first kappa shape index (κ1) is 21.5. The number of fused-ring (bicyclic) bond motifs is 1. The number of nitrogens with zero attached hydrogens (tertiary/aromatic N) is 3. The molecule has 1 aromatic heterocycles. The van der Waals surface area contributed by atoms with Crippen molar-refractivity contribution in [3.05, 3.63) is 77.7 Å². The molecule has 0 aliphatic heterocycles. The van der Waals surface area contributed by atoms with Gasteiger partial charge < -0.3 is 5.73 Å². The van der Waals surface area contributed by atoms with E-state index in [1.165, 1.54) is 24.4 Å². The minimum Gasteiger partial charge on any atom is -0.396 e. The number of nitrogen functional groups attached to an aromatic ring is 1. The zero-order valence-electron chi connectivity index (χ0n) is 17.2. The van der Waals surface area contributed by atoms with Crippen molar-refractivity contribution < 1.29 is 17.4 Å². The van der Waals surface area contributed by atoms with E-state index in [1.54, 1.807) is 36.4 Å². The van der Waals surface area contributed by atoms with Crippen LogP contribution in [-0.4, -0.2) is 18.0 Å². The summed E-state index contributed by atoms with van der Waals surface area (Å²) in [6, 6.07) is 14.0. The van der Waals surface area contributed by atoms with Crippen LogP contribution in [0.1, 0.15) is 11.1 Å². The fraction of sp³-hybridized carbons (Fsp3) is 0.0870. The van der Waals surface area contributed by atoms with Gasteiger partial charge in [-0.1, -0.05) is 24.3 Å². The van der Waals surface area contributed by atoms with Crippen LogP contribution in [0.15, 0.2) is 75.9 Å². The van der Waals surface area contributed by atoms with Crippen molar-refractivity contribution in [2.24, 2.45) is 10.2 Å². The molecule has 1 heterocycles. The van der Waals surface area contributed by atoms with E-state index in [2.05, 4.69) is 15.2 Å². The first-order valence-corrected chi connectivity index (χ1v) is 11.0. The second-order valence-electron chi connectivity index (χ2n) is 7.35. The van der Waals surface area contributed by atoms with Gasteiger partial charge in [0.25, 0.3) is 10.1 Å². The summed E-state index contributed by atoms with van der Waals surface area (Å²) in [5.74, 6) is -0.313. The van der Waals surface area contributed by atoms with Crippen molar-refractivity contribution in [2.75, 3.05) is 5.73 Å². The van der Waals surface area contributed by atoms with E-state index < -0.39 is 10.1 Å². The molecule has 3 aromatic carbocycles. The summed E-state index contributed by atoms with van der Waals surface area (Å²) in [7, 11) is -4.50. The normalized spacial score (nSPS) is 12.0. The van der Waals surface area contributed by atoms with E-state index in [9.17, 15) is 17.4 Å². The van der Waals surface area contributed by atoms with Crippen LogP contribution < -0.4 is 5.73 Å². The number of azo groups is 1. The molecule has 32 heavy (non-hydrogen) atoms. The monoisotopic (exact) mass is 450 g/mol. The van der Waals surface area contributed by atoms with Gasteiger partial charge in [-0.05, 0) is 55.3 Å². The molecule has 4 rings (SSSR count). The molecule has 0 saturated carbocycles. The Morgan fingerprint density at radius 2 is 1.69 bits per heavy atom. The van der Waals surface area contributed by atoms with E-state index in [0.29, 0.717) is 22.2 Å². The lowest BCUT2D eigenvalue weighted by molar-refractivity contribution is 0.484. The van der Waals surface area contributed by atoms with Crippen LogP contribution in [0.5, 0.6) is 0 Å². The molecule has 0 spiro atoms. The summed E-state index contributed by atoms with van der Waals surface area (Å²) in [5.41, 5.74) is 10.0. The summed E-state index contributed by atoms with van der Waals surface area (Å²) in [6.45, 7) is 3.66. The van der Waals surface area contributed by atoms with Gasteiger partial charge in [-0.3, -0.25) is 9.54 Å². The Morgan fingerprint density at radius 3 is 2.34 bits per heavy atom. The number of rotatable bonds is 4. The van der Waals surface area contributed by atoms with Gasteiger partial charge in [-0.15, -0.1) is 10.2 Å². The fourth-order valence-electron chi connectivity index (χ4n) is 3.55. The molecule has 0 bridgehead atoms. The van der Waals surface area contributed by atoms with Gasteiger partial charge >= 0.3 is 0 Å². The number of hydrogen-bond donors (Lipinski definition) is 2. The van der Waals surface area contributed by atoms with Crippen molar-refractivity contribution in [1.82, 2.24) is 4.98 Å². The quantitative estimate of drug-likeness (QED) is 0.228. The van der Waals surface area contributed by atoms with E-state index in [4.69, 9.17) is 5.73 Å². The van der Waals surface area contributed by atoms with Gasteiger partial charge in [0.2, 0.25) is 0 Å². The third-order valence-electron chi connectivity index (χ3n) is 5.08. The smallest absolute Gasteiger partial charge is 0.295 e. The molecule has 0 amide bonds. The first-order chi connectivity index (χ1) is 15.1. The van der Waals surface area contributed by atoms with Crippen LogP contribution in [-0.2, 0) is 10.1 Å². The van der Waals surface area contributed by atoms with Crippen LogP contribution in [0, 0.1) is 19.7 Å². The lowest BCUT2D eigenvalue weighted by atomic mass is 10.0. The molecule has 0 fully saturated rings. The standard InChI is InChI=1S/C23H19FN4O3S/c1-13-9-15(24)7-8-17(13)23-14(2)10-16(12-26-23)27-28-20-11-21(32(29,30)31)18-5-3-4-6-19(18)22(20)25/h3-12H,25H2,1-2H3,(H,29,30,31)/b28-27+. The van der Waals surface area contributed by atoms with Gasteiger partial charge in [0.1, 0.15) is 22.1 Å². The van der Waals surface area contributed by atoms with Crippen molar-refractivity contribution in [3.63, 3.8) is 0 Å². The maximum atomic E-state index is 13.4. The summed E-state index contributed by atoms with van der Waals surface area (Å²) < 4.78 is 46.8. The minimum absolute atomic E-state index is 0.104. The molecule has 9 heteroatoms. The maximum Gasteiger partial charge on any atom is 0.295 e. The maximum absolute atomic E-state index is 13.4. The molecule has 162 valence electrons. The number of halogens is 1. The molecule has 0 aliphatic rings. The van der Waals surface area contributed by atoms with E-state index in [1.807, 2.05) is 13.8 Å². The topological polar surface area (TPSA) is 118 Å². The average molecular weight is 450 g/mol. The van der Waals surface area contributed by atoms with Gasteiger partial charge in [0.15, 0.2) is 0 Å². The average Bonchev–Trinajstić information content (AvgIpc) is 2.73. The first-order valence-electron chi connectivity index (χ1n) is 9.59. The Bertz CT molecular complexity index is 1500. The summed E-state index contributed by atoms with van der Waals surface area (Å²) >= 11 is 0. The summed E-state index contributed by atoms with van der Waals surface area (Å²) in [4.78, 5) is 4.14. The molecular weight excluding hydrogens is 431 g/mol. The van der Waals surface area contributed by atoms with Crippen LogP contribution >= 0.6 is 0 Å². The highest BCUT2D eigenvalue weighted by Crippen LogP contribution is 2.37. The van der Waals surface area contributed by atoms with Crippen molar-refractivity contribution >= 4 is 38.0 Å². The number of nitrogens with two attached hydrogens (primary N) is 1. The number of aromatic nitrogens is 1. The van der Waals surface area contributed by atoms with Gasteiger partial charge in [0, 0.05) is 16.3 Å². The van der Waals surface area contributed by atoms with Crippen molar-refractivity contribution in [1.29, 1.82) is 0 Å². The molecule has 0 aliphatic carbocycles. The fourth-order valence-corrected chi connectivity index (χ4v) is 4.26. The van der Waals surface area contributed by atoms with Gasteiger partial charge in [-0.2, -0.15) is 8.42 Å². The molecule has 0 saturated heterocycles. The van der Waals surface area contributed by atoms with Crippen LogP contribution in [0.3, 0.4) is 0 Å². The van der Waals surface area contributed by atoms with Gasteiger partial charge in [0.05, 0.1) is 17.6 Å². The third kappa shape index (κ3) is 4.08. The Morgan fingerprint density at radius 1 is 0.969 bits per heavy atom. The zero-order valence-corrected chi connectivity index (χ0v) is 18.1. The minimum atomic E-state index is -4.50. The Hall–Kier alpha value is -3.69. The van der Waals surface area contributed by atoms with Crippen LogP contribution in [0.4, 0.5) is 21.5 Å². The van der Waals surface area contributed by atoms with Crippen LogP contribution in [0.2, 0.25) is 0 Å². The SMILES string of the molecule is Cc1cc(F)ccc1-c1ncc(/N=N/c2cc(S(=O)(=O)O)c3ccccc3c2N)cc1C. The highest BCUT2D eigenvalue weighted by molar-refractivity contribution is 7.86. The van der Waals surface area contributed by atoms with Crippen LogP contribution in [0.25, 0.3) is 22.0 Å². The molecule has 4 aromatic rings. The summed E-state index contributed by atoms with van der Waals surface area (Å²) in [6.07, 6.45) is 1.51. The number of benzene rings is 3. The predicted molar refractivity (Wildman–Crippen MR) is 121 cm³/mol. The molecular formula is C23H19FN4O3S. The van der Waals surface area contributed by atoms with Crippen molar-refractivity contribution in [3.8, 4) is 11.3 Å². The number of aryl methyl sites for hydroxylation is 2. The lowest BCUT2D eigenvalue weighted by Gasteiger charge is -2.10. The van der Waals surface area contributed by atoms with E-state index in [-0.39, 0.29) is 22.1 Å². The largest absolute Gasteiger partial charge is 0.396 e. The molecule has 0 unspecified atom stereocenters. The predicted octanol–water partition coefficient (Wildman–Crippen LogP) is 5.90. The van der Waals surface area contributed by atoms with E-state index >= 15 is 0 Å². The Labute approximate surface area is 184 Å². The molecule has 0 radical (unpaired) electrons. The van der Waals surface area contributed by atoms with Gasteiger partial charge in [-0.25, -0.2) is 4.39 Å². The number of pyridine rings is 1. The summed E-state index contributed by atoms with van der Waals surface area (Å²) in [5, 5.41) is 8.99. The lowest BCUT2D eigenvalue weighted by Crippen LogP contribution is -2.01. The Kier molecular flexibility index (Phi) is 5.45. The second kappa shape index (κ2) is 8.10. The highest BCUT2D eigenvalue weighted by atomic mass is 32.2. The van der Waals surface area contributed by atoms with E-state index in [0.717, 1.165) is 16.7 Å². The molecule has 3 N–H and O–H groups in total. The third-order valence-corrected chi connectivity index (χ3v) is 5.98. The number of hydrogen-bond acceptors (Lipinski definition) is 6.